The van der Waals surface area contributed by atoms with Gasteiger partial charge < -0.3 is 9.29 Å². The smallest absolute Gasteiger partial charge is 0.142 e. The lowest BCUT2D eigenvalue weighted by Crippen LogP contribution is -2.42. The van der Waals surface area contributed by atoms with Crippen molar-refractivity contribution in [3.8, 4) is 5.75 Å². The van der Waals surface area contributed by atoms with Crippen molar-refractivity contribution in [3.05, 3.63) is 27.7 Å². The van der Waals surface area contributed by atoms with E-state index in [2.05, 4.69) is 4.72 Å². The van der Waals surface area contributed by atoms with Crippen molar-refractivity contribution in [2.75, 3.05) is 6.61 Å². The summed E-state index contributed by atoms with van der Waals surface area (Å²) in [4.78, 5) is 0. The lowest BCUT2D eigenvalue weighted by atomic mass is 10.0. The highest BCUT2D eigenvalue weighted by Crippen LogP contribution is 2.40. The normalized spacial score (nSPS) is 20.6. The van der Waals surface area contributed by atoms with Crippen molar-refractivity contribution in [2.24, 2.45) is 0 Å². The van der Waals surface area contributed by atoms with Crippen molar-refractivity contribution in [3.63, 3.8) is 0 Å². The van der Waals surface area contributed by atoms with E-state index in [9.17, 15) is 4.55 Å². The number of ether oxygens (including phenoxy) is 1. The van der Waals surface area contributed by atoms with Gasteiger partial charge in [0.2, 0.25) is 0 Å². The molecule has 6 heteroatoms. The van der Waals surface area contributed by atoms with Crippen LogP contribution in [0.4, 0.5) is 0 Å². The molecule has 0 bridgehead atoms. The minimum absolute atomic E-state index is 0.0555. The maximum Gasteiger partial charge on any atom is 0.142 e. The maximum atomic E-state index is 12.2. The first-order valence-corrected chi connectivity index (χ1v) is 7.99. The van der Waals surface area contributed by atoms with Gasteiger partial charge >= 0.3 is 0 Å². The molecule has 1 aliphatic heterocycles. The molecular weight excluding hydrogens is 305 g/mol. The van der Waals surface area contributed by atoms with Crippen LogP contribution >= 0.6 is 23.2 Å². The Labute approximate surface area is 126 Å². The van der Waals surface area contributed by atoms with E-state index in [1.54, 1.807) is 6.07 Å². The topological polar surface area (TPSA) is 44.3 Å². The number of nitrogens with one attached hydrogen (secondary N) is 1. The lowest BCUT2D eigenvalue weighted by Gasteiger charge is -2.31. The van der Waals surface area contributed by atoms with Gasteiger partial charge in [0.1, 0.15) is 10.5 Å². The molecule has 1 aromatic carbocycles. The second kappa shape index (κ2) is 5.70. The molecule has 0 unspecified atom stereocenters. The monoisotopic (exact) mass is 321 g/mol. The molecule has 19 heavy (non-hydrogen) atoms. The fourth-order valence-electron chi connectivity index (χ4n) is 1.85. The predicted octanol–water partition coefficient (Wildman–Crippen LogP) is 3.87. The predicted molar refractivity (Wildman–Crippen MR) is 80.3 cm³/mol. The summed E-state index contributed by atoms with van der Waals surface area (Å²) in [5.74, 6) is 0.640. The molecule has 0 aromatic heterocycles. The summed E-state index contributed by atoms with van der Waals surface area (Å²) in [5.41, 5.74) is 0.876. The van der Waals surface area contributed by atoms with Crippen molar-refractivity contribution in [1.29, 1.82) is 0 Å². The van der Waals surface area contributed by atoms with E-state index >= 15 is 0 Å². The first-order chi connectivity index (χ1) is 8.79. The molecule has 1 heterocycles. The lowest BCUT2D eigenvalue weighted by molar-refractivity contribution is 0.263. The highest BCUT2D eigenvalue weighted by molar-refractivity contribution is 7.90. The second-order valence-corrected chi connectivity index (χ2v) is 8.34. The number of hydrogen-bond donors (Lipinski definition) is 1. The van der Waals surface area contributed by atoms with Crippen LogP contribution in [0.15, 0.2) is 12.1 Å². The summed E-state index contributed by atoms with van der Waals surface area (Å²) in [6.07, 6.45) is 0.742. The van der Waals surface area contributed by atoms with Gasteiger partial charge in [0.25, 0.3) is 0 Å². The molecule has 0 amide bonds. The first kappa shape index (κ1) is 15.3. The first-order valence-electron chi connectivity index (χ1n) is 6.09. The van der Waals surface area contributed by atoms with E-state index in [4.69, 9.17) is 27.9 Å². The summed E-state index contributed by atoms with van der Waals surface area (Å²) in [6, 6.07) is 3.42. The van der Waals surface area contributed by atoms with Crippen LogP contribution in [0, 0.1) is 0 Å². The number of hydrogen-bond acceptors (Lipinski definition) is 3. The molecule has 106 valence electrons. The summed E-state index contributed by atoms with van der Waals surface area (Å²) >= 11 is 11.0. The third-order valence-corrected chi connectivity index (χ3v) is 4.98. The van der Waals surface area contributed by atoms with Crippen LogP contribution in [0.1, 0.15) is 38.8 Å². The Hall–Kier alpha value is -0.130. The maximum absolute atomic E-state index is 12.2. The standard InChI is InChI=1S/C13H17Cl2NO2S/c1-13(2,3)19(17)16-11-4-5-18-12-9(11)6-8(14)7-10(12)15/h6-7,11,16H,4-5H2,1-3H3/t11-,19-/m1/s1. The Balaban J connectivity index is 2.27. The van der Waals surface area contributed by atoms with Crippen LogP contribution < -0.4 is 9.46 Å². The Kier molecular flexibility index (Phi) is 4.58. The zero-order valence-electron chi connectivity index (χ0n) is 11.1. The minimum Gasteiger partial charge on any atom is -0.598 e. The minimum atomic E-state index is -1.15. The number of rotatable bonds is 2. The van der Waals surface area contributed by atoms with Crippen molar-refractivity contribution < 1.29 is 9.29 Å². The third kappa shape index (κ3) is 3.50. The molecule has 2 rings (SSSR count). The van der Waals surface area contributed by atoms with Crippen LogP contribution in [0.3, 0.4) is 0 Å². The van der Waals surface area contributed by atoms with Gasteiger partial charge in [-0.1, -0.05) is 23.2 Å². The van der Waals surface area contributed by atoms with E-state index in [1.807, 2.05) is 26.8 Å². The Morgan fingerprint density at radius 1 is 1.37 bits per heavy atom. The van der Waals surface area contributed by atoms with Gasteiger partial charge in [-0.15, -0.1) is 4.72 Å². The van der Waals surface area contributed by atoms with Gasteiger partial charge in [0.05, 0.1) is 17.7 Å². The summed E-state index contributed by atoms with van der Waals surface area (Å²) in [6.45, 7) is 6.34. The molecular formula is C13H17Cl2NO2S. The Morgan fingerprint density at radius 2 is 2.05 bits per heavy atom. The van der Waals surface area contributed by atoms with Crippen molar-refractivity contribution in [1.82, 2.24) is 4.72 Å². The second-order valence-electron chi connectivity index (χ2n) is 5.49. The van der Waals surface area contributed by atoms with Gasteiger partial charge in [-0.05, 0) is 32.9 Å². The molecule has 0 saturated heterocycles. The molecule has 1 aromatic rings. The van der Waals surface area contributed by atoms with Gasteiger partial charge in [0.15, 0.2) is 0 Å². The van der Waals surface area contributed by atoms with Crippen LogP contribution in [0.5, 0.6) is 5.75 Å². The van der Waals surface area contributed by atoms with E-state index in [1.165, 1.54) is 0 Å². The van der Waals surface area contributed by atoms with E-state index in [-0.39, 0.29) is 10.8 Å². The molecule has 3 nitrogen and oxygen atoms in total. The fourth-order valence-corrected chi connectivity index (χ4v) is 3.27. The SMILES string of the molecule is CC(C)(C)[S@@+]([O-])N[C@@H]1CCOc2c(Cl)cc(Cl)cc21. The zero-order valence-corrected chi connectivity index (χ0v) is 13.5. The molecule has 0 fully saturated rings. The van der Waals surface area contributed by atoms with Crippen LogP contribution in [0.2, 0.25) is 10.0 Å². The van der Waals surface area contributed by atoms with Crippen LogP contribution in [-0.4, -0.2) is 15.9 Å². The van der Waals surface area contributed by atoms with Gasteiger partial charge in [-0.3, -0.25) is 0 Å². The van der Waals surface area contributed by atoms with E-state index in [0.717, 1.165) is 12.0 Å². The Bertz CT molecular complexity index is 476. The molecule has 1 aliphatic rings. The molecule has 0 spiro atoms. The van der Waals surface area contributed by atoms with Gasteiger partial charge in [-0.2, -0.15) is 0 Å². The Morgan fingerprint density at radius 3 is 2.68 bits per heavy atom. The number of halogens is 2. The van der Waals surface area contributed by atoms with Crippen molar-refractivity contribution >= 4 is 34.6 Å². The zero-order chi connectivity index (χ0) is 14.2. The largest absolute Gasteiger partial charge is 0.598 e. The van der Waals surface area contributed by atoms with Crippen LogP contribution in [-0.2, 0) is 11.4 Å². The summed E-state index contributed by atoms with van der Waals surface area (Å²) in [7, 11) is 0. The van der Waals surface area contributed by atoms with Crippen molar-refractivity contribution in [2.45, 2.75) is 38.0 Å². The summed E-state index contributed by atoms with van der Waals surface area (Å²) < 4.78 is 20.6. The highest BCUT2D eigenvalue weighted by Gasteiger charge is 2.33. The van der Waals surface area contributed by atoms with E-state index in [0.29, 0.717) is 22.4 Å². The van der Waals surface area contributed by atoms with Gasteiger partial charge in [0, 0.05) is 28.4 Å². The molecule has 0 saturated carbocycles. The number of fused-ring (bicyclic) bond motifs is 1. The number of benzene rings is 1. The average Bonchev–Trinajstić information content (AvgIpc) is 2.28. The quantitative estimate of drug-likeness (QED) is 0.841. The molecule has 0 aliphatic carbocycles. The third-order valence-electron chi connectivity index (χ3n) is 2.87. The molecule has 1 N–H and O–H groups in total. The van der Waals surface area contributed by atoms with Gasteiger partial charge in [-0.25, -0.2) is 0 Å². The van der Waals surface area contributed by atoms with E-state index < -0.39 is 11.4 Å². The average molecular weight is 322 g/mol. The van der Waals surface area contributed by atoms with Crippen LogP contribution in [0.25, 0.3) is 0 Å². The summed E-state index contributed by atoms with van der Waals surface area (Å²) in [5, 5.41) is 1.05. The molecule has 0 radical (unpaired) electrons. The highest BCUT2D eigenvalue weighted by atomic mass is 35.5. The fraction of sp³-hybridized carbons (Fsp3) is 0.538. The molecule has 2 atom stereocenters.